The van der Waals surface area contributed by atoms with E-state index in [1.165, 1.54) is 0 Å². The monoisotopic (exact) mass is 275 g/mol. The van der Waals surface area contributed by atoms with E-state index in [-0.39, 0.29) is 0 Å². The summed E-state index contributed by atoms with van der Waals surface area (Å²) in [6, 6.07) is 0. The third-order valence-electron chi connectivity index (χ3n) is 2.95. The van der Waals surface area contributed by atoms with Crippen molar-refractivity contribution < 1.29 is 0 Å². The predicted molar refractivity (Wildman–Crippen MR) is 78.7 cm³/mol. The fourth-order valence-corrected chi connectivity index (χ4v) is 1.85. The van der Waals surface area contributed by atoms with Gasteiger partial charge in [0, 0.05) is 31.4 Å². The van der Waals surface area contributed by atoms with Gasteiger partial charge in [-0.1, -0.05) is 12.1 Å². The third-order valence-corrected chi connectivity index (χ3v) is 2.95. The van der Waals surface area contributed by atoms with Crippen LogP contribution in [0.15, 0.2) is 18.7 Å². The summed E-state index contributed by atoms with van der Waals surface area (Å²) in [5.74, 6) is 1.79. The SMILES string of the molecule is CCCNc1ncnc(NCCCn2ccnn2)c1C. The molecule has 108 valence electrons. The molecule has 0 atom stereocenters. The van der Waals surface area contributed by atoms with Crippen molar-refractivity contribution in [2.75, 3.05) is 23.7 Å². The highest BCUT2D eigenvalue weighted by molar-refractivity contribution is 5.56. The number of nitrogens with one attached hydrogen (secondary N) is 2. The van der Waals surface area contributed by atoms with E-state index in [4.69, 9.17) is 0 Å². The largest absolute Gasteiger partial charge is 0.370 e. The Hall–Kier alpha value is -2.18. The van der Waals surface area contributed by atoms with Gasteiger partial charge < -0.3 is 10.6 Å². The molecule has 0 spiro atoms. The molecule has 0 amide bonds. The normalized spacial score (nSPS) is 10.5. The molecule has 0 saturated heterocycles. The molecule has 7 nitrogen and oxygen atoms in total. The van der Waals surface area contributed by atoms with Gasteiger partial charge in [0.15, 0.2) is 0 Å². The lowest BCUT2D eigenvalue weighted by Crippen LogP contribution is -2.11. The van der Waals surface area contributed by atoms with Gasteiger partial charge in [-0.05, 0) is 19.8 Å². The van der Waals surface area contributed by atoms with Crippen molar-refractivity contribution in [2.24, 2.45) is 0 Å². The van der Waals surface area contributed by atoms with Crippen LogP contribution in [0.3, 0.4) is 0 Å². The lowest BCUT2D eigenvalue weighted by atomic mass is 10.3. The van der Waals surface area contributed by atoms with Gasteiger partial charge in [0.1, 0.15) is 18.0 Å². The first-order valence-electron chi connectivity index (χ1n) is 6.94. The van der Waals surface area contributed by atoms with E-state index in [9.17, 15) is 0 Å². The average Bonchev–Trinajstić information content (AvgIpc) is 2.97. The maximum absolute atomic E-state index is 4.28. The van der Waals surface area contributed by atoms with Crippen LogP contribution in [0.25, 0.3) is 0 Å². The van der Waals surface area contributed by atoms with E-state index in [0.29, 0.717) is 0 Å². The van der Waals surface area contributed by atoms with Gasteiger partial charge in [0.2, 0.25) is 0 Å². The van der Waals surface area contributed by atoms with Gasteiger partial charge in [-0.3, -0.25) is 4.68 Å². The van der Waals surface area contributed by atoms with Crippen molar-refractivity contribution in [3.8, 4) is 0 Å². The van der Waals surface area contributed by atoms with E-state index in [2.05, 4.69) is 37.8 Å². The van der Waals surface area contributed by atoms with Crippen LogP contribution in [-0.2, 0) is 6.54 Å². The minimum Gasteiger partial charge on any atom is -0.370 e. The third kappa shape index (κ3) is 3.91. The van der Waals surface area contributed by atoms with E-state index in [0.717, 1.165) is 49.7 Å². The molecular formula is C13H21N7. The molecule has 0 bridgehead atoms. The molecule has 0 saturated carbocycles. The van der Waals surface area contributed by atoms with Gasteiger partial charge in [0.25, 0.3) is 0 Å². The van der Waals surface area contributed by atoms with Gasteiger partial charge >= 0.3 is 0 Å². The van der Waals surface area contributed by atoms with Gasteiger partial charge in [0.05, 0.1) is 6.20 Å². The van der Waals surface area contributed by atoms with Crippen molar-refractivity contribution >= 4 is 11.6 Å². The second-order valence-corrected chi connectivity index (χ2v) is 4.57. The molecule has 2 aromatic heterocycles. The highest BCUT2D eigenvalue weighted by Gasteiger charge is 2.05. The summed E-state index contributed by atoms with van der Waals surface area (Å²) >= 11 is 0. The molecule has 20 heavy (non-hydrogen) atoms. The standard InChI is InChI=1S/C13H21N7/c1-3-5-14-12-11(2)13(17-10-16-12)15-6-4-8-20-9-7-18-19-20/h7,9-10H,3-6,8H2,1-2H3,(H2,14,15,16,17). The van der Waals surface area contributed by atoms with Crippen LogP contribution in [0.2, 0.25) is 0 Å². The second-order valence-electron chi connectivity index (χ2n) is 4.57. The topological polar surface area (TPSA) is 80.5 Å². The highest BCUT2D eigenvalue weighted by atomic mass is 15.4. The van der Waals surface area contributed by atoms with Crippen molar-refractivity contribution in [1.29, 1.82) is 0 Å². The molecule has 0 aromatic carbocycles. The zero-order valence-corrected chi connectivity index (χ0v) is 12.0. The molecule has 7 heteroatoms. The molecule has 0 radical (unpaired) electrons. The van der Waals surface area contributed by atoms with Crippen LogP contribution in [-0.4, -0.2) is 38.1 Å². The van der Waals surface area contributed by atoms with E-state index in [1.54, 1.807) is 12.5 Å². The first-order chi connectivity index (χ1) is 9.81. The Labute approximate surface area is 118 Å². The number of aromatic nitrogens is 5. The zero-order chi connectivity index (χ0) is 14.2. The van der Waals surface area contributed by atoms with Crippen molar-refractivity contribution in [3.05, 3.63) is 24.3 Å². The predicted octanol–water partition coefficient (Wildman–Crippen LogP) is 1.70. The van der Waals surface area contributed by atoms with Crippen LogP contribution in [0.4, 0.5) is 11.6 Å². The molecule has 0 fully saturated rings. The Morgan fingerprint density at radius 1 is 1.15 bits per heavy atom. The highest BCUT2D eigenvalue weighted by Crippen LogP contribution is 2.17. The Kier molecular flexibility index (Phi) is 5.28. The maximum atomic E-state index is 4.28. The first-order valence-corrected chi connectivity index (χ1v) is 6.94. The van der Waals surface area contributed by atoms with Crippen molar-refractivity contribution in [2.45, 2.75) is 33.2 Å². The Balaban J connectivity index is 1.82. The molecule has 0 aliphatic heterocycles. The summed E-state index contributed by atoms with van der Waals surface area (Å²) in [5, 5.41) is 14.3. The molecule has 0 unspecified atom stereocenters. The average molecular weight is 275 g/mol. The van der Waals surface area contributed by atoms with Crippen LogP contribution in [0.1, 0.15) is 25.3 Å². The first kappa shape index (κ1) is 14.2. The fraction of sp³-hybridized carbons (Fsp3) is 0.538. The smallest absolute Gasteiger partial charge is 0.134 e. The quantitative estimate of drug-likeness (QED) is 0.714. The van der Waals surface area contributed by atoms with E-state index < -0.39 is 0 Å². The molecule has 0 aliphatic rings. The number of hydrogen-bond acceptors (Lipinski definition) is 6. The van der Waals surface area contributed by atoms with Crippen molar-refractivity contribution in [3.63, 3.8) is 0 Å². The molecule has 2 N–H and O–H groups in total. The second kappa shape index (κ2) is 7.42. The minimum atomic E-state index is 0.838. The number of aryl methyl sites for hydroxylation is 1. The van der Waals surface area contributed by atoms with Crippen LogP contribution in [0.5, 0.6) is 0 Å². The van der Waals surface area contributed by atoms with Gasteiger partial charge in [-0.2, -0.15) is 0 Å². The Morgan fingerprint density at radius 2 is 1.90 bits per heavy atom. The number of rotatable bonds is 8. The minimum absolute atomic E-state index is 0.838. The van der Waals surface area contributed by atoms with E-state index >= 15 is 0 Å². The summed E-state index contributed by atoms with van der Waals surface area (Å²) in [5.41, 5.74) is 1.06. The summed E-state index contributed by atoms with van der Waals surface area (Å²) in [4.78, 5) is 8.55. The van der Waals surface area contributed by atoms with Crippen LogP contribution < -0.4 is 10.6 Å². The van der Waals surface area contributed by atoms with Crippen LogP contribution in [0, 0.1) is 6.92 Å². The summed E-state index contributed by atoms with van der Waals surface area (Å²) in [6.45, 7) is 6.76. The number of anilines is 2. The van der Waals surface area contributed by atoms with Gasteiger partial charge in [-0.15, -0.1) is 5.10 Å². The van der Waals surface area contributed by atoms with Gasteiger partial charge in [-0.25, -0.2) is 9.97 Å². The van der Waals surface area contributed by atoms with E-state index in [1.807, 2.05) is 17.8 Å². The fourth-order valence-electron chi connectivity index (χ4n) is 1.85. The summed E-state index contributed by atoms with van der Waals surface area (Å²) in [6.07, 6.45) is 7.18. The number of hydrogen-bond donors (Lipinski definition) is 2. The van der Waals surface area contributed by atoms with Crippen molar-refractivity contribution in [1.82, 2.24) is 25.0 Å². The molecule has 2 heterocycles. The zero-order valence-electron chi connectivity index (χ0n) is 12.0. The lowest BCUT2D eigenvalue weighted by molar-refractivity contribution is 0.569. The summed E-state index contributed by atoms with van der Waals surface area (Å²) < 4.78 is 1.82. The molecule has 2 aromatic rings. The summed E-state index contributed by atoms with van der Waals surface area (Å²) in [7, 11) is 0. The lowest BCUT2D eigenvalue weighted by Gasteiger charge is -2.12. The molecule has 0 aliphatic carbocycles. The Morgan fingerprint density at radius 3 is 2.55 bits per heavy atom. The molecule has 2 rings (SSSR count). The number of nitrogens with zero attached hydrogens (tertiary/aromatic N) is 5. The molecular weight excluding hydrogens is 254 g/mol. The van der Waals surface area contributed by atoms with Crippen LogP contribution >= 0.6 is 0 Å². The maximum Gasteiger partial charge on any atom is 0.134 e. The Bertz CT molecular complexity index is 509.